The summed E-state index contributed by atoms with van der Waals surface area (Å²) in [5.74, 6) is 0.806. The minimum atomic E-state index is -4.40. The van der Waals surface area contributed by atoms with Gasteiger partial charge in [0.25, 0.3) is 0 Å². The maximum Gasteiger partial charge on any atom is 0.416 e. The van der Waals surface area contributed by atoms with Gasteiger partial charge in [0.1, 0.15) is 5.82 Å². The average molecular weight is 424 g/mol. The zero-order valence-electron chi connectivity index (χ0n) is 13.5. The lowest BCUT2D eigenvalue weighted by molar-refractivity contribution is -0.137. The smallest absolute Gasteiger partial charge is 0.357 e. The van der Waals surface area contributed by atoms with E-state index >= 15 is 0 Å². The van der Waals surface area contributed by atoms with Crippen molar-refractivity contribution < 1.29 is 13.2 Å². The zero-order chi connectivity index (χ0) is 18.7. The van der Waals surface area contributed by atoms with E-state index in [1.165, 1.54) is 6.07 Å². The largest absolute Gasteiger partial charge is 0.416 e. The molecule has 134 valence electrons. The third-order valence-corrected chi connectivity index (χ3v) is 4.12. The van der Waals surface area contributed by atoms with Crippen LogP contribution in [0.25, 0.3) is 11.3 Å². The Balaban J connectivity index is 1.95. The molecule has 0 unspecified atom stereocenters. The van der Waals surface area contributed by atoms with Gasteiger partial charge in [0.2, 0.25) is 5.95 Å². The van der Waals surface area contributed by atoms with E-state index in [1.807, 2.05) is 6.07 Å². The van der Waals surface area contributed by atoms with Crippen molar-refractivity contribution in [2.75, 3.05) is 17.7 Å². The third-order valence-electron chi connectivity index (χ3n) is 3.47. The van der Waals surface area contributed by atoms with E-state index in [0.29, 0.717) is 23.1 Å². The van der Waals surface area contributed by atoms with Gasteiger partial charge >= 0.3 is 6.18 Å². The van der Waals surface area contributed by atoms with Gasteiger partial charge in [-0.05, 0) is 46.3 Å². The van der Waals surface area contributed by atoms with Crippen LogP contribution in [0.3, 0.4) is 0 Å². The Kier molecular flexibility index (Phi) is 5.08. The van der Waals surface area contributed by atoms with Gasteiger partial charge in [-0.25, -0.2) is 4.98 Å². The molecule has 5 nitrogen and oxygen atoms in total. The van der Waals surface area contributed by atoms with Gasteiger partial charge < -0.3 is 10.6 Å². The van der Waals surface area contributed by atoms with Crippen molar-refractivity contribution >= 4 is 33.4 Å². The molecule has 0 radical (unpaired) electrons. The molecule has 0 bridgehead atoms. The lowest BCUT2D eigenvalue weighted by atomic mass is 10.2. The van der Waals surface area contributed by atoms with Crippen LogP contribution in [0.1, 0.15) is 5.56 Å². The number of hydrogen-bond donors (Lipinski definition) is 2. The highest BCUT2D eigenvalue weighted by Crippen LogP contribution is 2.35. The van der Waals surface area contributed by atoms with E-state index in [4.69, 9.17) is 0 Å². The van der Waals surface area contributed by atoms with Crippen LogP contribution in [0.5, 0.6) is 0 Å². The van der Waals surface area contributed by atoms with Crippen molar-refractivity contribution in [1.82, 2.24) is 15.0 Å². The Hall–Kier alpha value is -2.68. The van der Waals surface area contributed by atoms with Crippen molar-refractivity contribution in [2.24, 2.45) is 0 Å². The quantitative estimate of drug-likeness (QED) is 0.610. The minimum Gasteiger partial charge on any atom is -0.357 e. The summed E-state index contributed by atoms with van der Waals surface area (Å²) in [4.78, 5) is 12.7. The van der Waals surface area contributed by atoms with Crippen LogP contribution in [0.15, 0.2) is 53.3 Å². The average Bonchev–Trinajstić information content (AvgIpc) is 2.63. The number of pyridine rings is 1. The Bertz CT molecular complexity index is 916. The molecule has 3 rings (SSSR count). The SMILES string of the molecule is CNc1nc(Nc2ccc(C(F)(F)F)cc2Br)cc(-c2cccnc2)n1. The number of aromatic nitrogens is 3. The molecule has 0 spiro atoms. The summed E-state index contributed by atoms with van der Waals surface area (Å²) < 4.78 is 38.6. The Morgan fingerprint density at radius 3 is 2.50 bits per heavy atom. The number of hydrogen-bond acceptors (Lipinski definition) is 5. The lowest BCUT2D eigenvalue weighted by Crippen LogP contribution is -2.06. The number of nitrogens with one attached hydrogen (secondary N) is 2. The molecule has 0 atom stereocenters. The molecule has 0 aliphatic carbocycles. The van der Waals surface area contributed by atoms with Crippen molar-refractivity contribution in [2.45, 2.75) is 6.18 Å². The van der Waals surface area contributed by atoms with Crippen LogP contribution in [0, 0.1) is 0 Å². The molecule has 0 saturated carbocycles. The summed E-state index contributed by atoms with van der Waals surface area (Å²) in [7, 11) is 1.68. The molecule has 0 aliphatic heterocycles. The van der Waals surface area contributed by atoms with Crippen molar-refractivity contribution in [1.29, 1.82) is 0 Å². The number of anilines is 3. The van der Waals surface area contributed by atoms with Gasteiger partial charge in [0.15, 0.2) is 0 Å². The lowest BCUT2D eigenvalue weighted by Gasteiger charge is -2.13. The number of rotatable bonds is 4. The third kappa shape index (κ3) is 4.10. The number of halogens is 4. The normalized spacial score (nSPS) is 11.3. The molecule has 3 aromatic rings. The number of nitrogens with zero attached hydrogens (tertiary/aromatic N) is 3. The standard InChI is InChI=1S/C17H13BrF3N5/c1-22-16-25-14(10-3-2-6-23-9-10)8-15(26-16)24-13-5-4-11(7-12(13)18)17(19,20)21/h2-9H,1H3,(H2,22,24,25,26). The van der Waals surface area contributed by atoms with E-state index in [1.54, 1.807) is 31.6 Å². The molecular formula is C17H13BrF3N5. The fourth-order valence-corrected chi connectivity index (χ4v) is 2.69. The highest BCUT2D eigenvalue weighted by atomic mass is 79.9. The second-order valence-electron chi connectivity index (χ2n) is 5.27. The molecule has 0 aliphatic rings. The van der Waals surface area contributed by atoms with E-state index < -0.39 is 11.7 Å². The van der Waals surface area contributed by atoms with Crippen molar-refractivity contribution in [3.05, 3.63) is 58.8 Å². The molecule has 0 saturated heterocycles. The fraction of sp³-hybridized carbons (Fsp3) is 0.118. The topological polar surface area (TPSA) is 62.7 Å². The van der Waals surface area contributed by atoms with E-state index in [2.05, 4.69) is 41.5 Å². The first kappa shape index (κ1) is 18.1. The molecule has 0 amide bonds. The van der Waals surface area contributed by atoms with Crippen LogP contribution in [-0.2, 0) is 6.18 Å². The molecule has 2 heterocycles. The number of benzene rings is 1. The van der Waals surface area contributed by atoms with Gasteiger partial charge in [-0.3, -0.25) is 4.98 Å². The minimum absolute atomic E-state index is 0.278. The molecule has 9 heteroatoms. The summed E-state index contributed by atoms with van der Waals surface area (Å²) in [5.41, 5.74) is 1.14. The first-order chi connectivity index (χ1) is 12.4. The molecule has 2 aromatic heterocycles. The summed E-state index contributed by atoms with van der Waals surface area (Å²) in [6, 6.07) is 8.71. The summed E-state index contributed by atoms with van der Waals surface area (Å²) in [6.07, 6.45) is -1.08. The predicted octanol–water partition coefficient (Wildman–Crippen LogP) is 5.11. The molecular weight excluding hydrogens is 411 g/mol. The maximum atomic E-state index is 12.8. The second kappa shape index (κ2) is 7.28. The van der Waals surface area contributed by atoms with Gasteiger partial charge in [0.05, 0.1) is 16.9 Å². The molecule has 1 aromatic carbocycles. The summed E-state index contributed by atoms with van der Waals surface area (Å²) >= 11 is 3.16. The van der Waals surface area contributed by atoms with Crippen molar-refractivity contribution in [3.8, 4) is 11.3 Å². The Morgan fingerprint density at radius 1 is 1.08 bits per heavy atom. The molecule has 0 fully saturated rings. The molecule has 26 heavy (non-hydrogen) atoms. The van der Waals surface area contributed by atoms with Crippen LogP contribution in [-0.4, -0.2) is 22.0 Å². The van der Waals surface area contributed by atoms with Gasteiger partial charge in [-0.15, -0.1) is 0 Å². The maximum absolute atomic E-state index is 12.8. The highest BCUT2D eigenvalue weighted by Gasteiger charge is 2.30. The van der Waals surface area contributed by atoms with Crippen LogP contribution in [0.2, 0.25) is 0 Å². The van der Waals surface area contributed by atoms with E-state index in [9.17, 15) is 13.2 Å². The number of alkyl halides is 3. The van der Waals surface area contributed by atoms with Gasteiger partial charge in [-0.1, -0.05) is 0 Å². The van der Waals surface area contributed by atoms with E-state index in [-0.39, 0.29) is 4.47 Å². The predicted molar refractivity (Wildman–Crippen MR) is 97.2 cm³/mol. The van der Waals surface area contributed by atoms with Crippen LogP contribution in [0.4, 0.5) is 30.6 Å². The fourth-order valence-electron chi connectivity index (χ4n) is 2.22. The van der Waals surface area contributed by atoms with E-state index in [0.717, 1.165) is 17.7 Å². The summed E-state index contributed by atoms with van der Waals surface area (Å²) in [5, 5.41) is 5.87. The van der Waals surface area contributed by atoms with Crippen molar-refractivity contribution in [3.63, 3.8) is 0 Å². The monoisotopic (exact) mass is 423 g/mol. The van der Waals surface area contributed by atoms with Gasteiger partial charge in [-0.2, -0.15) is 18.2 Å². The summed E-state index contributed by atoms with van der Waals surface area (Å²) in [6.45, 7) is 0. The first-order valence-corrected chi connectivity index (χ1v) is 8.27. The Morgan fingerprint density at radius 2 is 1.88 bits per heavy atom. The van der Waals surface area contributed by atoms with Gasteiger partial charge in [0, 0.05) is 35.5 Å². The van der Waals surface area contributed by atoms with Crippen LogP contribution >= 0.6 is 15.9 Å². The second-order valence-corrected chi connectivity index (χ2v) is 6.13. The van der Waals surface area contributed by atoms with Crippen LogP contribution < -0.4 is 10.6 Å². The first-order valence-electron chi connectivity index (χ1n) is 7.48. The highest BCUT2D eigenvalue weighted by molar-refractivity contribution is 9.10. The molecule has 2 N–H and O–H groups in total. The zero-order valence-corrected chi connectivity index (χ0v) is 15.1. The Labute approximate surface area is 155 Å².